The van der Waals surface area contributed by atoms with Crippen LogP contribution in [0.5, 0.6) is 0 Å². The molecule has 1 aromatic rings. The number of ether oxygens (including phenoxy) is 1. The van der Waals surface area contributed by atoms with Gasteiger partial charge in [0, 0.05) is 24.5 Å². The summed E-state index contributed by atoms with van der Waals surface area (Å²) in [4.78, 5) is 20.2. The minimum absolute atomic E-state index is 0.0190. The summed E-state index contributed by atoms with van der Waals surface area (Å²) in [5, 5.41) is 0. The third kappa shape index (κ3) is 3.28. The summed E-state index contributed by atoms with van der Waals surface area (Å²) >= 11 is 0. The molecule has 1 saturated carbocycles. The van der Waals surface area contributed by atoms with Gasteiger partial charge in [0.05, 0.1) is 18.2 Å². The molecular formula is C14H20N2O2. The summed E-state index contributed by atoms with van der Waals surface area (Å²) in [5.74, 6) is 0.521. The third-order valence-electron chi connectivity index (χ3n) is 3.51. The highest BCUT2D eigenvalue weighted by Crippen LogP contribution is 2.35. The Bertz CT molecular complexity index is 373. The normalized spacial score (nSPS) is 23.6. The van der Waals surface area contributed by atoms with Gasteiger partial charge in [-0.2, -0.15) is 0 Å². The van der Waals surface area contributed by atoms with Crippen LogP contribution in [-0.4, -0.2) is 22.5 Å². The summed E-state index contributed by atoms with van der Waals surface area (Å²) in [6, 6.07) is 0. The maximum atomic E-state index is 11.7. The fourth-order valence-electron chi connectivity index (χ4n) is 2.47. The molecule has 0 saturated heterocycles. The van der Waals surface area contributed by atoms with Crippen LogP contribution in [0.4, 0.5) is 0 Å². The Balaban J connectivity index is 1.83. The number of aromatic nitrogens is 2. The highest BCUT2D eigenvalue weighted by atomic mass is 16.5. The van der Waals surface area contributed by atoms with Crippen molar-refractivity contribution in [2.24, 2.45) is 5.92 Å². The van der Waals surface area contributed by atoms with Gasteiger partial charge in [-0.1, -0.05) is 6.92 Å². The van der Waals surface area contributed by atoms with Crippen molar-refractivity contribution >= 4 is 5.97 Å². The zero-order valence-corrected chi connectivity index (χ0v) is 10.8. The van der Waals surface area contributed by atoms with E-state index in [0.29, 0.717) is 12.5 Å². The van der Waals surface area contributed by atoms with Crippen molar-refractivity contribution in [3.63, 3.8) is 0 Å². The largest absolute Gasteiger partial charge is 0.465 e. The first-order valence-electron chi connectivity index (χ1n) is 6.73. The molecule has 18 heavy (non-hydrogen) atoms. The third-order valence-corrected chi connectivity index (χ3v) is 3.51. The molecule has 0 aliphatic heterocycles. The number of hydrogen-bond donors (Lipinski definition) is 0. The number of rotatable bonds is 4. The summed E-state index contributed by atoms with van der Waals surface area (Å²) in [7, 11) is 0. The molecule has 0 N–H and O–H groups in total. The number of hydrogen-bond acceptors (Lipinski definition) is 4. The lowest BCUT2D eigenvalue weighted by atomic mass is 9.80. The summed E-state index contributed by atoms with van der Waals surface area (Å²) in [6.07, 6.45) is 9.97. The molecule has 0 unspecified atom stereocenters. The van der Waals surface area contributed by atoms with Crippen LogP contribution in [0.1, 0.15) is 50.6 Å². The van der Waals surface area contributed by atoms with E-state index in [4.69, 9.17) is 4.74 Å². The fourth-order valence-corrected chi connectivity index (χ4v) is 2.47. The number of carbonyl (C=O) groups is 1. The smallest absolute Gasteiger partial charge is 0.308 e. The van der Waals surface area contributed by atoms with Gasteiger partial charge in [-0.05, 0) is 32.1 Å². The maximum absolute atomic E-state index is 11.7. The minimum atomic E-state index is -0.0190. The van der Waals surface area contributed by atoms with Crippen molar-refractivity contribution in [1.82, 2.24) is 9.97 Å². The van der Waals surface area contributed by atoms with Gasteiger partial charge < -0.3 is 4.74 Å². The van der Waals surface area contributed by atoms with E-state index in [1.54, 1.807) is 12.4 Å². The van der Waals surface area contributed by atoms with Crippen molar-refractivity contribution in [2.45, 2.75) is 44.9 Å². The lowest BCUT2D eigenvalue weighted by molar-refractivity contribution is -0.149. The molecule has 0 atom stereocenters. The highest BCUT2D eigenvalue weighted by Gasteiger charge is 2.28. The first-order chi connectivity index (χ1) is 8.81. The lowest BCUT2D eigenvalue weighted by Gasteiger charge is -2.26. The molecule has 0 radical (unpaired) electrons. The van der Waals surface area contributed by atoms with Gasteiger partial charge in [0.25, 0.3) is 0 Å². The zero-order valence-electron chi connectivity index (χ0n) is 10.8. The van der Waals surface area contributed by atoms with Crippen molar-refractivity contribution in [3.8, 4) is 0 Å². The van der Waals surface area contributed by atoms with Crippen LogP contribution < -0.4 is 0 Å². The van der Waals surface area contributed by atoms with Crippen LogP contribution in [0.25, 0.3) is 0 Å². The summed E-state index contributed by atoms with van der Waals surface area (Å²) in [5.41, 5.74) is 1.05. The van der Waals surface area contributed by atoms with Crippen molar-refractivity contribution < 1.29 is 9.53 Å². The summed E-state index contributed by atoms with van der Waals surface area (Å²) in [6.45, 7) is 2.56. The Labute approximate surface area is 108 Å². The first-order valence-corrected chi connectivity index (χ1v) is 6.73. The highest BCUT2D eigenvalue weighted by molar-refractivity contribution is 5.72. The van der Waals surface area contributed by atoms with Crippen molar-refractivity contribution in [1.29, 1.82) is 0 Å². The van der Waals surface area contributed by atoms with Crippen LogP contribution in [0.3, 0.4) is 0 Å². The van der Waals surface area contributed by atoms with Gasteiger partial charge in [-0.25, -0.2) is 0 Å². The molecule has 4 heteroatoms. The molecular weight excluding hydrogens is 228 g/mol. The van der Waals surface area contributed by atoms with E-state index < -0.39 is 0 Å². The van der Waals surface area contributed by atoms with E-state index in [-0.39, 0.29) is 11.9 Å². The average molecular weight is 248 g/mol. The molecule has 0 spiro atoms. The van der Waals surface area contributed by atoms with E-state index in [9.17, 15) is 4.79 Å². The Hall–Kier alpha value is -1.45. The number of carbonyl (C=O) groups excluding carboxylic acids is 1. The molecule has 1 fully saturated rings. The van der Waals surface area contributed by atoms with E-state index >= 15 is 0 Å². The Morgan fingerprint density at radius 3 is 2.72 bits per heavy atom. The van der Waals surface area contributed by atoms with Gasteiger partial charge in [0.2, 0.25) is 0 Å². The first kappa shape index (κ1) is 13.0. The van der Waals surface area contributed by atoms with E-state index in [1.807, 2.05) is 13.1 Å². The average Bonchev–Trinajstić information content (AvgIpc) is 2.46. The van der Waals surface area contributed by atoms with Crippen LogP contribution in [0.2, 0.25) is 0 Å². The second kappa shape index (κ2) is 6.47. The molecule has 1 aliphatic rings. The van der Waals surface area contributed by atoms with E-state index in [2.05, 4.69) is 9.97 Å². The van der Waals surface area contributed by atoms with Gasteiger partial charge in [0.15, 0.2) is 0 Å². The van der Waals surface area contributed by atoms with Crippen molar-refractivity contribution in [2.75, 3.05) is 6.61 Å². The predicted molar refractivity (Wildman–Crippen MR) is 68.0 cm³/mol. The SMILES string of the molecule is CCCOC(=O)C1CCC(c2cnccn2)CC1. The maximum Gasteiger partial charge on any atom is 0.308 e. The summed E-state index contributed by atoms with van der Waals surface area (Å²) < 4.78 is 5.20. The zero-order chi connectivity index (χ0) is 12.8. The van der Waals surface area contributed by atoms with Crippen LogP contribution in [0, 0.1) is 5.92 Å². The molecule has 0 aromatic carbocycles. The molecule has 1 aromatic heterocycles. The molecule has 2 rings (SSSR count). The molecule has 4 nitrogen and oxygen atoms in total. The molecule has 1 aliphatic carbocycles. The number of esters is 1. The second-order valence-corrected chi connectivity index (χ2v) is 4.85. The van der Waals surface area contributed by atoms with Crippen LogP contribution in [-0.2, 0) is 9.53 Å². The molecule has 98 valence electrons. The van der Waals surface area contributed by atoms with Crippen LogP contribution >= 0.6 is 0 Å². The molecule has 1 heterocycles. The van der Waals surface area contributed by atoms with Crippen LogP contribution in [0.15, 0.2) is 18.6 Å². The Kier molecular flexibility index (Phi) is 4.67. The van der Waals surface area contributed by atoms with E-state index in [1.165, 1.54) is 0 Å². The Morgan fingerprint density at radius 1 is 1.33 bits per heavy atom. The van der Waals surface area contributed by atoms with Gasteiger partial charge >= 0.3 is 5.97 Å². The molecule has 0 bridgehead atoms. The fraction of sp³-hybridized carbons (Fsp3) is 0.643. The predicted octanol–water partition coefficient (Wildman–Crippen LogP) is 2.70. The quantitative estimate of drug-likeness (QED) is 0.769. The van der Waals surface area contributed by atoms with Gasteiger partial charge in [-0.15, -0.1) is 0 Å². The van der Waals surface area contributed by atoms with Gasteiger partial charge in [-0.3, -0.25) is 14.8 Å². The Morgan fingerprint density at radius 2 is 2.11 bits per heavy atom. The minimum Gasteiger partial charge on any atom is -0.465 e. The standard InChI is InChI=1S/C14H20N2O2/c1-2-9-18-14(17)12-5-3-11(4-6-12)13-10-15-7-8-16-13/h7-8,10-12H,2-6,9H2,1H3. The monoisotopic (exact) mass is 248 g/mol. The topological polar surface area (TPSA) is 52.1 Å². The van der Waals surface area contributed by atoms with Gasteiger partial charge in [0.1, 0.15) is 0 Å². The lowest BCUT2D eigenvalue weighted by Crippen LogP contribution is -2.23. The van der Waals surface area contributed by atoms with E-state index in [0.717, 1.165) is 37.8 Å². The second-order valence-electron chi connectivity index (χ2n) is 4.85. The number of nitrogens with zero attached hydrogens (tertiary/aromatic N) is 2. The van der Waals surface area contributed by atoms with Crippen molar-refractivity contribution in [3.05, 3.63) is 24.3 Å². The molecule has 0 amide bonds.